The van der Waals surface area contributed by atoms with Crippen molar-refractivity contribution in [1.29, 1.82) is 0 Å². The first-order valence-corrected chi connectivity index (χ1v) is 7.95. The van der Waals surface area contributed by atoms with Gasteiger partial charge in [-0.3, -0.25) is 4.57 Å². The van der Waals surface area contributed by atoms with E-state index in [1.54, 1.807) is 36.4 Å². The van der Waals surface area contributed by atoms with E-state index in [4.69, 9.17) is 33.7 Å². The van der Waals surface area contributed by atoms with Crippen LogP contribution >= 0.6 is 23.2 Å². The Kier molecular flexibility index (Phi) is 4.83. The highest BCUT2D eigenvalue weighted by Crippen LogP contribution is 2.30. The molecule has 0 saturated heterocycles. The molecule has 0 aliphatic heterocycles. The molecule has 0 spiro atoms. The molecule has 0 saturated carbocycles. The van der Waals surface area contributed by atoms with E-state index in [0.29, 0.717) is 32.6 Å². The first-order chi connectivity index (χ1) is 12.0. The number of ether oxygens (including phenoxy) is 1. The minimum Gasteiger partial charge on any atom is -0.485 e. The number of carbonyl (C=O) groups is 1. The van der Waals surface area contributed by atoms with Crippen LogP contribution < -0.4 is 10.5 Å². The van der Waals surface area contributed by atoms with Crippen LogP contribution in [0.15, 0.2) is 48.8 Å². The lowest BCUT2D eigenvalue weighted by molar-refractivity contribution is 0.197. The number of anilines is 1. The molecule has 1 aromatic carbocycles. The summed E-state index contributed by atoms with van der Waals surface area (Å²) in [5.74, 6) is 0.493. The third-order valence-corrected chi connectivity index (χ3v) is 4.27. The number of hydrogen-bond acceptors (Lipinski definition) is 4. The fourth-order valence-electron chi connectivity index (χ4n) is 2.31. The first kappa shape index (κ1) is 17.1. The monoisotopic (exact) mass is 377 g/mol. The topological polar surface area (TPSA) is 90.4 Å². The number of nitrogens with two attached hydrogens (primary N) is 1. The van der Waals surface area contributed by atoms with Crippen LogP contribution in [0.4, 0.5) is 10.6 Å². The van der Waals surface area contributed by atoms with Crippen molar-refractivity contribution in [2.45, 2.75) is 6.61 Å². The Bertz CT molecular complexity index is 920. The number of hydrogen-bond donors (Lipinski definition) is 2. The van der Waals surface area contributed by atoms with Gasteiger partial charge in [0.15, 0.2) is 11.6 Å². The molecule has 3 N–H and O–H groups in total. The second kappa shape index (κ2) is 7.04. The van der Waals surface area contributed by atoms with Gasteiger partial charge in [0.25, 0.3) is 0 Å². The first-order valence-electron chi connectivity index (χ1n) is 7.19. The molecule has 3 aromatic rings. The van der Waals surface area contributed by atoms with Gasteiger partial charge in [0.05, 0.1) is 5.69 Å². The number of rotatable bonds is 4. The van der Waals surface area contributed by atoms with Crippen LogP contribution in [0.25, 0.3) is 11.3 Å². The van der Waals surface area contributed by atoms with Gasteiger partial charge in [-0.25, -0.2) is 9.78 Å². The summed E-state index contributed by atoms with van der Waals surface area (Å²) in [5.41, 5.74) is 7.50. The molecule has 0 atom stereocenters. The fraction of sp³-hybridized carbons (Fsp3) is 0.0588. The number of pyridine rings is 1. The van der Waals surface area contributed by atoms with Crippen molar-refractivity contribution >= 4 is 35.1 Å². The highest BCUT2D eigenvalue weighted by molar-refractivity contribution is 6.35. The van der Waals surface area contributed by atoms with Crippen LogP contribution in [-0.4, -0.2) is 20.8 Å². The summed E-state index contributed by atoms with van der Waals surface area (Å²) in [6, 6.07) is 10.1. The lowest BCUT2D eigenvalue weighted by Crippen LogP contribution is -2.08. The van der Waals surface area contributed by atoms with E-state index in [1.807, 2.05) is 0 Å². The summed E-state index contributed by atoms with van der Waals surface area (Å²) in [4.78, 5) is 15.3. The quantitative estimate of drug-likeness (QED) is 0.695. The zero-order chi connectivity index (χ0) is 18.0. The predicted molar refractivity (Wildman–Crippen MR) is 96.3 cm³/mol. The van der Waals surface area contributed by atoms with Gasteiger partial charge in [-0.2, -0.15) is 0 Å². The molecule has 0 radical (unpaired) electrons. The molecule has 2 heterocycles. The highest BCUT2D eigenvalue weighted by atomic mass is 35.5. The van der Waals surface area contributed by atoms with E-state index < -0.39 is 6.09 Å². The summed E-state index contributed by atoms with van der Waals surface area (Å²) in [6.45, 7) is 0.105. The average molecular weight is 378 g/mol. The SMILES string of the molecule is Nc1ncc(-c2cccn2C(=O)O)cc1OCc1c(Cl)cccc1Cl. The van der Waals surface area contributed by atoms with Crippen molar-refractivity contribution in [1.82, 2.24) is 9.55 Å². The Balaban J connectivity index is 1.90. The van der Waals surface area contributed by atoms with E-state index >= 15 is 0 Å². The van der Waals surface area contributed by atoms with E-state index in [2.05, 4.69) is 4.98 Å². The van der Waals surface area contributed by atoms with Crippen LogP contribution in [0.3, 0.4) is 0 Å². The zero-order valence-electron chi connectivity index (χ0n) is 12.8. The maximum atomic E-state index is 11.3. The van der Waals surface area contributed by atoms with Gasteiger partial charge < -0.3 is 15.6 Å². The Morgan fingerprint density at radius 1 is 1.24 bits per heavy atom. The Hall–Kier alpha value is -2.70. The molecule has 8 heteroatoms. The molecule has 0 aliphatic carbocycles. The molecule has 25 heavy (non-hydrogen) atoms. The zero-order valence-corrected chi connectivity index (χ0v) is 14.3. The molecule has 0 fully saturated rings. The van der Waals surface area contributed by atoms with E-state index in [-0.39, 0.29) is 12.4 Å². The standard InChI is InChI=1S/C17H13Cl2N3O3/c18-12-3-1-4-13(19)11(12)9-25-15-7-10(8-21-16(15)20)14-5-2-6-22(14)17(23)24/h1-8H,9H2,(H2,20,21)(H,23,24). The van der Waals surface area contributed by atoms with Gasteiger partial charge in [-0.15, -0.1) is 0 Å². The second-order valence-electron chi connectivity index (χ2n) is 5.14. The molecular formula is C17H13Cl2N3O3. The third kappa shape index (κ3) is 3.55. The molecule has 6 nitrogen and oxygen atoms in total. The summed E-state index contributed by atoms with van der Waals surface area (Å²) in [7, 11) is 0. The number of benzene rings is 1. The minimum atomic E-state index is -1.10. The molecule has 128 valence electrons. The van der Waals surface area contributed by atoms with E-state index in [0.717, 1.165) is 4.57 Å². The molecular weight excluding hydrogens is 365 g/mol. The molecule has 2 aromatic heterocycles. The number of halogens is 2. The van der Waals surface area contributed by atoms with E-state index in [1.165, 1.54) is 12.4 Å². The Labute approximate surface area is 153 Å². The van der Waals surface area contributed by atoms with Crippen LogP contribution in [0, 0.1) is 0 Å². The summed E-state index contributed by atoms with van der Waals surface area (Å²) in [5, 5.41) is 10.2. The van der Waals surface area contributed by atoms with Crippen molar-refractivity contribution < 1.29 is 14.6 Å². The van der Waals surface area contributed by atoms with Crippen molar-refractivity contribution in [3.05, 3.63) is 64.4 Å². The fourth-order valence-corrected chi connectivity index (χ4v) is 2.82. The molecule has 0 amide bonds. The van der Waals surface area contributed by atoms with Gasteiger partial charge in [0.2, 0.25) is 0 Å². The largest absolute Gasteiger partial charge is 0.485 e. The average Bonchev–Trinajstić information content (AvgIpc) is 3.06. The van der Waals surface area contributed by atoms with Gasteiger partial charge >= 0.3 is 6.09 Å². The molecule has 0 unspecified atom stereocenters. The van der Waals surface area contributed by atoms with Crippen LogP contribution in [0.2, 0.25) is 10.0 Å². The maximum Gasteiger partial charge on any atom is 0.415 e. The number of carboxylic acid groups (broad SMARTS) is 1. The Morgan fingerprint density at radius 2 is 1.96 bits per heavy atom. The van der Waals surface area contributed by atoms with Crippen molar-refractivity contribution in [2.75, 3.05) is 5.73 Å². The van der Waals surface area contributed by atoms with Crippen molar-refractivity contribution in [3.63, 3.8) is 0 Å². The number of nitrogens with zero attached hydrogens (tertiary/aromatic N) is 2. The van der Waals surface area contributed by atoms with Crippen molar-refractivity contribution in [2.24, 2.45) is 0 Å². The second-order valence-corrected chi connectivity index (χ2v) is 5.96. The molecule has 0 bridgehead atoms. The smallest absolute Gasteiger partial charge is 0.415 e. The van der Waals surface area contributed by atoms with Gasteiger partial charge in [-0.05, 0) is 30.3 Å². The summed E-state index contributed by atoms with van der Waals surface area (Å²) < 4.78 is 6.80. The number of aromatic nitrogens is 2. The lowest BCUT2D eigenvalue weighted by Gasteiger charge is -2.12. The van der Waals surface area contributed by atoms with Crippen LogP contribution in [-0.2, 0) is 6.61 Å². The summed E-state index contributed by atoms with van der Waals surface area (Å²) >= 11 is 12.2. The summed E-state index contributed by atoms with van der Waals surface area (Å²) in [6.07, 6.45) is 1.83. The molecule has 3 rings (SSSR count). The third-order valence-electron chi connectivity index (χ3n) is 3.57. The van der Waals surface area contributed by atoms with Crippen LogP contribution in [0.1, 0.15) is 5.56 Å². The van der Waals surface area contributed by atoms with E-state index in [9.17, 15) is 9.90 Å². The lowest BCUT2D eigenvalue weighted by atomic mass is 10.2. The van der Waals surface area contributed by atoms with Crippen molar-refractivity contribution in [3.8, 4) is 17.0 Å². The normalized spacial score (nSPS) is 10.6. The number of nitrogen functional groups attached to an aromatic ring is 1. The minimum absolute atomic E-state index is 0.105. The highest BCUT2D eigenvalue weighted by Gasteiger charge is 2.13. The van der Waals surface area contributed by atoms with Gasteiger partial charge in [-0.1, -0.05) is 29.3 Å². The maximum absolute atomic E-state index is 11.3. The van der Waals surface area contributed by atoms with Gasteiger partial charge in [0.1, 0.15) is 6.61 Å². The molecule has 0 aliphatic rings. The van der Waals surface area contributed by atoms with Crippen LogP contribution in [0.5, 0.6) is 5.75 Å². The predicted octanol–water partition coefficient (Wildman–Crippen LogP) is 4.54. The Morgan fingerprint density at radius 3 is 2.64 bits per heavy atom. The van der Waals surface area contributed by atoms with Gasteiger partial charge in [0, 0.05) is 33.6 Å².